The molecule has 1 aromatic rings. The molecule has 1 unspecified atom stereocenters. The second kappa shape index (κ2) is 7.06. The van der Waals surface area contributed by atoms with Gasteiger partial charge in [0, 0.05) is 18.7 Å². The molecule has 0 aromatic heterocycles. The molecule has 1 atom stereocenters. The molecule has 0 amide bonds. The highest BCUT2D eigenvalue weighted by Gasteiger charge is 2.13. The van der Waals surface area contributed by atoms with E-state index in [1.807, 2.05) is 0 Å². The number of rotatable bonds is 6. The Kier molecular flexibility index (Phi) is 5.71. The van der Waals surface area contributed by atoms with Crippen LogP contribution in [0.4, 0.5) is 8.78 Å². The Bertz CT molecular complexity index is 410. The standard InChI is InChI=1S/C13H17F2NO2/c1-3-18-13(17)9(2)7-16-8-10-6-11(14)4-5-12(10)15/h4-6,9,16H,3,7-8H2,1-2H3. The van der Waals surface area contributed by atoms with Crippen molar-refractivity contribution >= 4 is 5.97 Å². The maximum atomic E-state index is 13.3. The van der Waals surface area contributed by atoms with Crippen LogP contribution in [0.15, 0.2) is 18.2 Å². The van der Waals surface area contributed by atoms with Crippen molar-refractivity contribution in [1.82, 2.24) is 5.32 Å². The summed E-state index contributed by atoms with van der Waals surface area (Å²) in [5, 5.41) is 2.90. The van der Waals surface area contributed by atoms with Crippen LogP contribution in [0.5, 0.6) is 0 Å². The van der Waals surface area contributed by atoms with E-state index in [1.165, 1.54) is 0 Å². The Morgan fingerprint density at radius 1 is 1.44 bits per heavy atom. The van der Waals surface area contributed by atoms with Gasteiger partial charge in [0.05, 0.1) is 12.5 Å². The van der Waals surface area contributed by atoms with Gasteiger partial charge in [-0.2, -0.15) is 0 Å². The molecule has 18 heavy (non-hydrogen) atoms. The molecule has 3 nitrogen and oxygen atoms in total. The Labute approximate surface area is 105 Å². The second-order valence-electron chi connectivity index (χ2n) is 4.02. The first-order chi connectivity index (χ1) is 8.54. The summed E-state index contributed by atoms with van der Waals surface area (Å²) in [6, 6.07) is 3.29. The summed E-state index contributed by atoms with van der Waals surface area (Å²) in [5.41, 5.74) is 0.242. The first kappa shape index (κ1) is 14.6. The van der Waals surface area contributed by atoms with Gasteiger partial charge < -0.3 is 10.1 Å². The Hall–Kier alpha value is -1.49. The highest BCUT2D eigenvalue weighted by molar-refractivity contribution is 5.72. The zero-order valence-corrected chi connectivity index (χ0v) is 10.5. The fourth-order valence-corrected chi connectivity index (χ4v) is 1.47. The topological polar surface area (TPSA) is 38.3 Å². The van der Waals surface area contributed by atoms with Gasteiger partial charge in [-0.15, -0.1) is 0 Å². The molecule has 0 saturated heterocycles. The SMILES string of the molecule is CCOC(=O)C(C)CNCc1cc(F)ccc1F. The normalized spacial score (nSPS) is 12.2. The molecule has 0 bridgehead atoms. The quantitative estimate of drug-likeness (QED) is 0.794. The van der Waals surface area contributed by atoms with Gasteiger partial charge in [-0.3, -0.25) is 4.79 Å². The molecule has 0 saturated carbocycles. The Balaban J connectivity index is 2.41. The average molecular weight is 257 g/mol. The largest absolute Gasteiger partial charge is 0.466 e. The van der Waals surface area contributed by atoms with E-state index in [2.05, 4.69) is 5.32 Å². The molecule has 0 radical (unpaired) electrons. The van der Waals surface area contributed by atoms with E-state index in [0.717, 1.165) is 18.2 Å². The van der Waals surface area contributed by atoms with Gasteiger partial charge in [0.25, 0.3) is 0 Å². The molecule has 0 spiro atoms. The van der Waals surface area contributed by atoms with Crippen LogP contribution in [0.1, 0.15) is 19.4 Å². The number of esters is 1. The highest BCUT2D eigenvalue weighted by atomic mass is 19.1. The van der Waals surface area contributed by atoms with Gasteiger partial charge in [-0.05, 0) is 25.1 Å². The lowest BCUT2D eigenvalue weighted by Gasteiger charge is -2.11. The minimum absolute atomic E-state index is 0.174. The molecule has 0 aliphatic rings. The monoisotopic (exact) mass is 257 g/mol. The number of nitrogens with one attached hydrogen (secondary N) is 1. The first-order valence-electron chi connectivity index (χ1n) is 5.85. The summed E-state index contributed by atoms with van der Waals surface area (Å²) in [7, 11) is 0. The maximum absolute atomic E-state index is 13.3. The summed E-state index contributed by atoms with van der Waals surface area (Å²) in [4.78, 5) is 11.3. The predicted octanol–water partition coefficient (Wildman–Crippen LogP) is 2.25. The number of carbonyl (C=O) groups excluding carboxylic acids is 1. The third kappa shape index (κ3) is 4.41. The van der Waals surface area contributed by atoms with Crippen molar-refractivity contribution in [3.8, 4) is 0 Å². The van der Waals surface area contributed by atoms with E-state index < -0.39 is 11.6 Å². The molecular weight excluding hydrogens is 240 g/mol. The highest BCUT2D eigenvalue weighted by Crippen LogP contribution is 2.09. The average Bonchev–Trinajstić information content (AvgIpc) is 2.33. The Morgan fingerprint density at radius 2 is 2.17 bits per heavy atom. The van der Waals surface area contributed by atoms with Gasteiger partial charge >= 0.3 is 5.97 Å². The van der Waals surface area contributed by atoms with E-state index in [1.54, 1.807) is 13.8 Å². The van der Waals surface area contributed by atoms with E-state index in [9.17, 15) is 13.6 Å². The molecule has 0 fully saturated rings. The van der Waals surface area contributed by atoms with Crippen molar-refractivity contribution in [1.29, 1.82) is 0 Å². The van der Waals surface area contributed by atoms with E-state index in [-0.39, 0.29) is 24.0 Å². The minimum atomic E-state index is -0.480. The molecule has 100 valence electrons. The molecule has 5 heteroatoms. The number of hydrogen-bond donors (Lipinski definition) is 1. The lowest BCUT2D eigenvalue weighted by atomic mass is 10.1. The van der Waals surface area contributed by atoms with Gasteiger partial charge in [0.1, 0.15) is 11.6 Å². The van der Waals surface area contributed by atoms with E-state index in [0.29, 0.717) is 13.2 Å². The molecule has 0 heterocycles. The molecule has 0 aliphatic carbocycles. The number of carbonyl (C=O) groups is 1. The third-order valence-corrected chi connectivity index (χ3v) is 2.46. The van der Waals surface area contributed by atoms with Crippen LogP contribution < -0.4 is 5.32 Å². The fourth-order valence-electron chi connectivity index (χ4n) is 1.47. The van der Waals surface area contributed by atoms with Gasteiger partial charge in [-0.25, -0.2) is 8.78 Å². The Morgan fingerprint density at radius 3 is 2.83 bits per heavy atom. The van der Waals surface area contributed by atoms with Crippen molar-refractivity contribution in [2.75, 3.05) is 13.2 Å². The van der Waals surface area contributed by atoms with Crippen LogP contribution >= 0.6 is 0 Å². The summed E-state index contributed by atoms with van der Waals surface area (Å²) >= 11 is 0. The number of benzene rings is 1. The summed E-state index contributed by atoms with van der Waals surface area (Å²) in [6.07, 6.45) is 0. The van der Waals surface area contributed by atoms with Crippen molar-refractivity contribution in [2.24, 2.45) is 5.92 Å². The molecule has 0 aliphatic heterocycles. The number of halogens is 2. The van der Waals surface area contributed by atoms with Crippen LogP contribution in [0.25, 0.3) is 0 Å². The van der Waals surface area contributed by atoms with Crippen LogP contribution in [0, 0.1) is 17.6 Å². The first-order valence-corrected chi connectivity index (χ1v) is 5.85. The second-order valence-corrected chi connectivity index (χ2v) is 4.02. The van der Waals surface area contributed by atoms with E-state index >= 15 is 0 Å². The van der Waals surface area contributed by atoms with Gasteiger partial charge in [-0.1, -0.05) is 6.92 Å². The van der Waals surface area contributed by atoms with Gasteiger partial charge in [0.2, 0.25) is 0 Å². The summed E-state index contributed by atoms with van der Waals surface area (Å²) in [6.45, 7) is 4.32. The van der Waals surface area contributed by atoms with Crippen LogP contribution in [0.3, 0.4) is 0 Å². The minimum Gasteiger partial charge on any atom is -0.466 e. The zero-order chi connectivity index (χ0) is 13.5. The van der Waals surface area contributed by atoms with Crippen molar-refractivity contribution < 1.29 is 18.3 Å². The van der Waals surface area contributed by atoms with Crippen molar-refractivity contribution in [3.63, 3.8) is 0 Å². The van der Waals surface area contributed by atoms with Crippen LogP contribution in [-0.4, -0.2) is 19.1 Å². The van der Waals surface area contributed by atoms with Crippen molar-refractivity contribution in [2.45, 2.75) is 20.4 Å². The maximum Gasteiger partial charge on any atom is 0.309 e. The molecular formula is C13H17F2NO2. The molecule has 1 rings (SSSR count). The smallest absolute Gasteiger partial charge is 0.309 e. The zero-order valence-electron chi connectivity index (χ0n) is 10.5. The molecule has 1 aromatic carbocycles. The molecule has 1 N–H and O–H groups in total. The number of hydrogen-bond acceptors (Lipinski definition) is 3. The van der Waals surface area contributed by atoms with Gasteiger partial charge in [0.15, 0.2) is 0 Å². The van der Waals surface area contributed by atoms with Crippen molar-refractivity contribution in [3.05, 3.63) is 35.4 Å². The predicted molar refractivity (Wildman–Crippen MR) is 63.9 cm³/mol. The van der Waals surface area contributed by atoms with Crippen LogP contribution in [0.2, 0.25) is 0 Å². The lowest BCUT2D eigenvalue weighted by Crippen LogP contribution is -2.27. The van der Waals surface area contributed by atoms with E-state index in [4.69, 9.17) is 4.74 Å². The van der Waals surface area contributed by atoms with Crippen LogP contribution in [-0.2, 0) is 16.1 Å². The lowest BCUT2D eigenvalue weighted by molar-refractivity contribution is -0.147. The number of ether oxygens (including phenoxy) is 1. The third-order valence-electron chi connectivity index (χ3n) is 2.46. The fraction of sp³-hybridized carbons (Fsp3) is 0.462. The summed E-state index contributed by atoms with van der Waals surface area (Å²) in [5.74, 6) is -1.56. The summed E-state index contributed by atoms with van der Waals surface area (Å²) < 4.78 is 31.0.